The third-order valence-electron chi connectivity index (χ3n) is 4.22. The van der Waals surface area contributed by atoms with Crippen LogP contribution in [0.1, 0.15) is 23.2 Å². The molecule has 23 heavy (non-hydrogen) atoms. The SMILES string of the molecule is COc1cccc2cc(C(=O)OC3CC[NH+](C)CC3)c(=O)oc12. The Morgan fingerprint density at radius 2 is 2.04 bits per heavy atom. The average molecular weight is 318 g/mol. The highest BCUT2D eigenvalue weighted by Crippen LogP contribution is 2.24. The molecular weight excluding hydrogens is 298 g/mol. The van der Waals surface area contributed by atoms with Crippen molar-refractivity contribution in [1.29, 1.82) is 0 Å². The molecule has 1 aromatic heterocycles. The number of quaternary nitrogens is 1. The lowest BCUT2D eigenvalue weighted by Crippen LogP contribution is -3.10. The summed E-state index contributed by atoms with van der Waals surface area (Å²) in [6.45, 7) is 1.92. The summed E-state index contributed by atoms with van der Waals surface area (Å²) in [4.78, 5) is 25.8. The normalized spacial score (nSPS) is 21.1. The lowest BCUT2D eigenvalue weighted by Gasteiger charge is -2.26. The molecule has 0 bridgehead atoms. The second-order valence-electron chi connectivity index (χ2n) is 5.89. The minimum Gasteiger partial charge on any atom is -0.493 e. The fraction of sp³-hybridized carbons (Fsp3) is 0.412. The van der Waals surface area contributed by atoms with Gasteiger partial charge in [0.25, 0.3) is 0 Å². The number of likely N-dealkylation sites (tertiary alicyclic amines) is 1. The molecule has 0 unspecified atom stereocenters. The Morgan fingerprint density at radius 3 is 2.74 bits per heavy atom. The van der Waals surface area contributed by atoms with E-state index in [1.165, 1.54) is 18.1 Å². The van der Waals surface area contributed by atoms with Crippen molar-refractivity contribution in [2.24, 2.45) is 0 Å². The van der Waals surface area contributed by atoms with Gasteiger partial charge in [0, 0.05) is 18.2 Å². The molecule has 0 aliphatic carbocycles. The number of carbonyl (C=O) groups excluding carboxylic acids is 1. The average Bonchev–Trinajstić information content (AvgIpc) is 2.55. The number of hydrogen-bond acceptors (Lipinski definition) is 5. The van der Waals surface area contributed by atoms with Crippen LogP contribution < -0.4 is 15.3 Å². The van der Waals surface area contributed by atoms with E-state index in [4.69, 9.17) is 13.9 Å². The van der Waals surface area contributed by atoms with Crippen LogP contribution >= 0.6 is 0 Å². The van der Waals surface area contributed by atoms with Gasteiger partial charge in [-0.15, -0.1) is 0 Å². The molecule has 3 rings (SSSR count). The van der Waals surface area contributed by atoms with E-state index in [0.717, 1.165) is 25.9 Å². The van der Waals surface area contributed by atoms with Gasteiger partial charge in [0.1, 0.15) is 11.7 Å². The first-order valence-corrected chi connectivity index (χ1v) is 7.71. The van der Waals surface area contributed by atoms with Crippen LogP contribution in [0.25, 0.3) is 11.0 Å². The fourth-order valence-electron chi connectivity index (χ4n) is 2.84. The molecule has 1 aliphatic rings. The van der Waals surface area contributed by atoms with E-state index in [0.29, 0.717) is 16.7 Å². The number of methoxy groups -OCH3 is 1. The van der Waals surface area contributed by atoms with E-state index in [1.54, 1.807) is 18.2 Å². The number of para-hydroxylation sites is 1. The van der Waals surface area contributed by atoms with Gasteiger partial charge in [0.05, 0.1) is 27.2 Å². The smallest absolute Gasteiger partial charge is 0.351 e. The third kappa shape index (κ3) is 3.22. The van der Waals surface area contributed by atoms with Crippen LogP contribution in [0.5, 0.6) is 5.75 Å². The molecule has 0 amide bonds. The maximum atomic E-state index is 12.3. The van der Waals surface area contributed by atoms with Crippen molar-refractivity contribution in [2.75, 3.05) is 27.2 Å². The summed E-state index contributed by atoms with van der Waals surface area (Å²) in [7, 11) is 3.61. The van der Waals surface area contributed by atoms with E-state index < -0.39 is 11.6 Å². The van der Waals surface area contributed by atoms with Gasteiger partial charge in [-0.05, 0) is 12.1 Å². The number of nitrogens with one attached hydrogen (secondary N) is 1. The molecule has 122 valence electrons. The van der Waals surface area contributed by atoms with Gasteiger partial charge >= 0.3 is 11.6 Å². The van der Waals surface area contributed by atoms with Gasteiger partial charge in [-0.1, -0.05) is 12.1 Å². The highest BCUT2D eigenvalue weighted by atomic mass is 16.5. The second-order valence-corrected chi connectivity index (χ2v) is 5.89. The van der Waals surface area contributed by atoms with Gasteiger partial charge in [0.2, 0.25) is 0 Å². The highest BCUT2D eigenvalue weighted by molar-refractivity contribution is 5.94. The molecule has 1 aliphatic heterocycles. The number of esters is 1. The Morgan fingerprint density at radius 1 is 1.30 bits per heavy atom. The van der Waals surface area contributed by atoms with Crippen molar-refractivity contribution in [2.45, 2.75) is 18.9 Å². The zero-order valence-corrected chi connectivity index (χ0v) is 13.3. The minimum atomic E-state index is -0.703. The zero-order valence-electron chi connectivity index (χ0n) is 13.3. The van der Waals surface area contributed by atoms with Crippen LogP contribution in [0.3, 0.4) is 0 Å². The minimum absolute atomic E-state index is 0.0722. The third-order valence-corrected chi connectivity index (χ3v) is 4.22. The maximum Gasteiger partial charge on any atom is 0.351 e. The van der Waals surface area contributed by atoms with Crippen molar-refractivity contribution in [1.82, 2.24) is 0 Å². The summed E-state index contributed by atoms with van der Waals surface area (Å²) in [6.07, 6.45) is 1.49. The van der Waals surface area contributed by atoms with E-state index in [1.807, 2.05) is 0 Å². The summed E-state index contributed by atoms with van der Waals surface area (Å²) >= 11 is 0. The predicted octanol–water partition coefficient (Wildman–Crippen LogP) is 0.635. The van der Waals surface area contributed by atoms with Gasteiger partial charge in [0.15, 0.2) is 11.3 Å². The molecule has 1 aromatic carbocycles. The van der Waals surface area contributed by atoms with Crippen molar-refractivity contribution in [3.05, 3.63) is 40.2 Å². The molecule has 0 radical (unpaired) electrons. The zero-order chi connectivity index (χ0) is 16.4. The van der Waals surface area contributed by atoms with E-state index in [9.17, 15) is 9.59 Å². The predicted molar refractivity (Wildman–Crippen MR) is 84.1 cm³/mol. The molecular formula is C17H20NO5+. The quantitative estimate of drug-likeness (QED) is 0.664. The topological polar surface area (TPSA) is 70.2 Å². The molecule has 0 saturated carbocycles. The summed E-state index contributed by atoms with van der Waals surface area (Å²) in [5, 5.41) is 0.628. The van der Waals surface area contributed by atoms with Crippen LogP contribution in [0.15, 0.2) is 33.5 Å². The standard InChI is InChI=1S/C17H19NO5/c1-18-8-6-12(7-9-18)22-16(19)13-10-11-4-3-5-14(21-2)15(11)23-17(13)20/h3-5,10,12H,6-9H2,1-2H3/p+1. The number of piperidine rings is 1. The molecule has 0 spiro atoms. The van der Waals surface area contributed by atoms with E-state index in [2.05, 4.69) is 7.05 Å². The molecule has 1 saturated heterocycles. The molecule has 6 heteroatoms. The molecule has 6 nitrogen and oxygen atoms in total. The second kappa shape index (κ2) is 6.42. The molecule has 2 aromatic rings. The van der Waals surface area contributed by atoms with Crippen molar-refractivity contribution in [3.63, 3.8) is 0 Å². The van der Waals surface area contributed by atoms with Crippen molar-refractivity contribution in [3.8, 4) is 5.75 Å². The Balaban J connectivity index is 1.86. The van der Waals surface area contributed by atoms with Gasteiger partial charge < -0.3 is 18.8 Å². The van der Waals surface area contributed by atoms with Crippen molar-refractivity contribution >= 4 is 16.9 Å². The first kappa shape index (κ1) is 15.6. The summed E-state index contributed by atoms with van der Waals surface area (Å²) in [5.74, 6) is -0.161. The van der Waals surface area contributed by atoms with Crippen LogP contribution in [0, 0.1) is 0 Å². The summed E-state index contributed by atoms with van der Waals surface area (Å²) in [6, 6.07) is 6.74. The van der Waals surface area contributed by atoms with E-state index in [-0.39, 0.29) is 11.7 Å². The maximum absolute atomic E-state index is 12.3. The van der Waals surface area contributed by atoms with Crippen LogP contribution in [0.2, 0.25) is 0 Å². The number of ether oxygens (including phenoxy) is 2. The van der Waals surface area contributed by atoms with Gasteiger partial charge in [-0.3, -0.25) is 0 Å². The Kier molecular flexibility index (Phi) is 4.34. The summed E-state index contributed by atoms with van der Waals surface area (Å²) in [5.41, 5.74) is -0.443. The fourth-order valence-corrected chi connectivity index (χ4v) is 2.84. The van der Waals surface area contributed by atoms with Gasteiger partial charge in [-0.25, -0.2) is 9.59 Å². The number of hydrogen-bond donors (Lipinski definition) is 1. The highest BCUT2D eigenvalue weighted by Gasteiger charge is 2.25. The lowest BCUT2D eigenvalue weighted by atomic mass is 10.1. The molecule has 1 N–H and O–H groups in total. The number of carbonyl (C=O) groups is 1. The first-order valence-electron chi connectivity index (χ1n) is 7.71. The van der Waals surface area contributed by atoms with E-state index >= 15 is 0 Å². The Labute approximate surface area is 133 Å². The molecule has 1 fully saturated rings. The monoisotopic (exact) mass is 318 g/mol. The molecule has 0 atom stereocenters. The number of fused-ring (bicyclic) bond motifs is 1. The van der Waals surface area contributed by atoms with Crippen LogP contribution in [-0.4, -0.2) is 39.3 Å². The largest absolute Gasteiger partial charge is 0.493 e. The van der Waals surface area contributed by atoms with Crippen LogP contribution in [-0.2, 0) is 4.74 Å². The molecule has 2 heterocycles. The Hall–Kier alpha value is -2.34. The lowest BCUT2D eigenvalue weighted by molar-refractivity contribution is -0.885. The number of benzene rings is 1. The van der Waals surface area contributed by atoms with Crippen molar-refractivity contribution < 1.29 is 23.6 Å². The van der Waals surface area contributed by atoms with Crippen LogP contribution in [0.4, 0.5) is 0 Å². The summed E-state index contributed by atoms with van der Waals surface area (Å²) < 4.78 is 15.9. The Bertz CT molecular complexity index is 774. The van der Waals surface area contributed by atoms with Gasteiger partial charge in [-0.2, -0.15) is 0 Å². The number of rotatable bonds is 3. The first-order chi connectivity index (χ1) is 11.1.